The SMILES string of the molecule is COc1cccc(C=O)c1OCC(C)(C)C. The number of rotatable bonds is 4. The van der Waals surface area contributed by atoms with Gasteiger partial charge in [0.05, 0.1) is 19.3 Å². The molecule has 0 saturated heterocycles. The van der Waals surface area contributed by atoms with Crippen LogP contribution in [0, 0.1) is 5.41 Å². The van der Waals surface area contributed by atoms with Crippen LogP contribution in [0.2, 0.25) is 0 Å². The molecule has 1 aromatic carbocycles. The predicted molar refractivity (Wildman–Crippen MR) is 63.3 cm³/mol. The van der Waals surface area contributed by atoms with Gasteiger partial charge in [-0.2, -0.15) is 0 Å². The molecule has 1 rings (SSSR count). The second kappa shape index (κ2) is 5.01. The highest BCUT2D eigenvalue weighted by molar-refractivity contribution is 5.81. The molecule has 88 valence electrons. The molecule has 16 heavy (non-hydrogen) atoms. The minimum atomic E-state index is 0.0427. The van der Waals surface area contributed by atoms with Gasteiger partial charge in [0.15, 0.2) is 17.8 Å². The minimum Gasteiger partial charge on any atom is -0.493 e. The van der Waals surface area contributed by atoms with Gasteiger partial charge in [-0.25, -0.2) is 0 Å². The third-order valence-corrected chi connectivity index (χ3v) is 2.01. The van der Waals surface area contributed by atoms with Gasteiger partial charge in [-0.1, -0.05) is 26.8 Å². The quantitative estimate of drug-likeness (QED) is 0.735. The zero-order valence-electron chi connectivity index (χ0n) is 10.2. The largest absolute Gasteiger partial charge is 0.493 e. The molecule has 0 aromatic heterocycles. The van der Waals surface area contributed by atoms with E-state index in [0.717, 1.165) is 6.29 Å². The summed E-state index contributed by atoms with van der Waals surface area (Å²) in [6.07, 6.45) is 0.778. The first-order valence-corrected chi connectivity index (χ1v) is 5.23. The fourth-order valence-corrected chi connectivity index (χ4v) is 1.23. The summed E-state index contributed by atoms with van der Waals surface area (Å²) in [5.74, 6) is 1.11. The molecular weight excluding hydrogens is 204 g/mol. The molecule has 0 fully saturated rings. The third-order valence-electron chi connectivity index (χ3n) is 2.01. The highest BCUT2D eigenvalue weighted by atomic mass is 16.5. The number of carbonyl (C=O) groups is 1. The summed E-state index contributed by atoms with van der Waals surface area (Å²) >= 11 is 0. The van der Waals surface area contributed by atoms with Crippen molar-refractivity contribution in [3.05, 3.63) is 23.8 Å². The number of ether oxygens (including phenoxy) is 2. The van der Waals surface area contributed by atoms with Crippen molar-refractivity contribution in [1.82, 2.24) is 0 Å². The Morgan fingerprint density at radius 2 is 2.00 bits per heavy atom. The van der Waals surface area contributed by atoms with Crippen LogP contribution in [0.3, 0.4) is 0 Å². The van der Waals surface area contributed by atoms with Crippen LogP contribution in [0.1, 0.15) is 31.1 Å². The Labute approximate surface area is 96.4 Å². The van der Waals surface area contributed by atoms with Gasteiger partial charge in [0.2, 0.25) is 0 Å². The highest BCUT2D eigenvalue weighted by Gasteiger charge is 2.15. The van der Waals surface area contributed by atoms with E-state index >= 15 is 0 Å². The topological polar surface area (TPSA) is 35.5 Å². The maximum atomic E-state index is 10.9. The Balaban J connectivity index is 2.95. The van der Waals surface area contributed by atoms with E-state index in [2.05, 4.69) is 20.8 Å². The standard InChI is InChI=1S/C13H18O3/c1-13(2,3)9-16-12-10(8-14)6-5-7-11(12)15-4/h5-8H,9H2,1-4H3. The molecule has 0 aliphatic carbocycles. The van der Waals surface area contributed by atoms with Crippen molar-refractivity contribution in [3.8, 4) is 11.5 Å². The second-order valence-corrected chi connectivity index (χ2v) is 4.85. The van der Waals surface area contributed by atoms with Crippen LogP contribution >= 0.6 is 0 Å². The predicted octanol–water partition coefficient (Wildman–Crippen LogP) is 2.93. The van der Waals surface area contributed by atoms with Gasteiger partial charge in [0.1, 0.15) is 0 Å². The maximum Gasteiger partial charge on any atom is 0.171 e. The van der Waals surface area contributed by atoms with Gasteiger partial charge >= 0.3 is 0 Å². The Kier molecular flexibility index (Phi) is 3.93. The lowest BCUT2D eigenvalue weighted by atomic mass is 9.98. The lowest BCUT2D eigenvalue weighted by Crippen LogP contribution is -2.17. The lowest BCUT2D eigenvalue weighted by molar-refractivity contribution is 0.111. The fourth-order valence-electron chi connectivity index (χ4n) is 1.23. The molecule has 0 unspecified atom stereocenters. The smallest absolute Gasteiger partial charge is 0.171 e. The molecule has 3 nitrogen and oxygen atoms in total. The van der Waals surface area contributed by atoms with Crippen LogP contribution in [-0.4, -0.2) is 20.0 Å². The molecule has 0 bridgehead atoms. The summed E-state index contributed by atoms with van der Waals surface area (Å²) in [6.45, 7) is 6.75. The van der Waals surface area contributed by atoms with Gasteiger partial charge in [-0.3, -0.25) is 4.79 Å². The molecule has 0 heterocycles. The van der Waals surface area contributed by atoms with Crippen LogP contribution in [-0.2, 0) is 0 Å². The number of benzene rings is 1. The average molecular weight is 222 g/mol. The summed E-state index contributed by atoms with van der Waals surface area (Å²) in [4.78, 5) is 10.9. The molecule has 0 aliphatic rings. The number of methoxy groups -OCH3 is 1. The number of hydrogen-bond acceptors (Lipinski definition) is 3. The summed E-state index contributed by atoms with van der Waals surface area (Å²) in [6, 6.07) is 5.27. The Bertz CT molecular complexity index is 364. The van der Waals surface area contributed by atoms with E-state index in [1.165, 1.54) is 0 Å². The third kappa shape index (κ3) is 3.26. The van der Waals surface area contributed by atoms with Crippen LogP contribution in [0.25, 0.3) is 0 Å². The van der Waals surface area contributed by atoms with Crippen molar-refractivity contribution in [3.63, 3.8) is 0 Å². The molecular formula is C13H18O3. The fraction of sp³-hybridized carbons (Fsp3) is 0.462. The molecule has 3 heteroatoms. The van der Waals surface area contributed by atoms with E-state index in [1.54, 1.807) is 25.3 Å². The Hall–Kier alpha value is -1.51. The molecule has 0 atom stereocenters. The van der Waals surface area contributed by atoms with Crippen LogP contribution < -0.4 is 9.47 Å². The van der Waals surface area contributed by atoms with Gasteiger partial charge in [-0.15, -0.1) is 0 Å². The number of para-hydroxylation sites is 1. The highest BCUT2D eigenvalue weighted by Crippen LogP contribution is 2.31. The zero-order chi connectivity index (χ0) is 12.2. The van der Waals surface area contributed by atoms with Crippen molar-refractivity contribution < 1.29 is 14.3 Å². The minimum absolute atomic E-state index is 0.0427. The first-order valence-electron chi connectivity index (χ1n) is 5.23. The maximum absolute atomic E-state index is 10.9. The van der Waals surface area contributed by atoms with E-state index in [-0.39, 0.29) is 5.41 Å². The number of carbonyl (C=O) groups excluding carboxylic acids is 1. The number of aldehydes is 1. The number of hydrogen-bond donors (Lipinski definition) is 0. The molecule has 0 spiro atoms. The van der Waals surface area contributed by atoms with E-state index in [1.807, 2.05) is 0 Å². The van der Waals surface area contributed by atoms with Crippen molar-refractivity contribution >= 4 is 6.29 Å². The van der Waals surface area contributed by atoms with Gasteiger partial charge in [0.25, 0.3) is 0 Å². The second-order valence-electron chi connectivity index (χ2n) is 4.85. The molecule has 0 amide bonds. The molecule has 0 aliphatic heterocycles. The van der Waals surface area contributed by atoms with Crippen molar-refractivity contribution in [2.24, 2.45) is 5.41 Å². The van der Waals surface area contributed by atoms with E-state index in [9.17, 15) is 4.79 Å². The first-order chi connectivity index (χ1) is 7.48. The van der Waals surface area contributed by atoms with Crippen molar-refractivity contribution in [1.29, 1.82) is 0 Å². The summed E-state index contributed by atoms with van der Waals surface area (Å²) in [5.41, 5.74) is 0.560. The van der Waals surface area contributed by atoms with Gasteiger partial charge in [-0.05, 0) is 17.5 Å². The van der Waals surface area contributed by atoms with E-state index in [0.29, 0.717) is 23.7 Å². The Morgan fingerprint density at radius 1 is 1.31 bits per heavy atom. The van der Waals surface area contributed by atoms with Gasteiger partial charge in [0, 0.05) is 0 Å². The Morgan fingerprint density at radius 3 is 2.50 bits per heavy atom. The van der Waals surface area contributed by atoms with Crippen LogP contribution in [0.4, 0.5) is 0 Å². The summed E-state index contributed by atoms with van der Waals surface area (Å²) < 4.78 is 10.8. The lowest BCUT2D eigenvalue weighted by Gasteiger charge is -2.20. The zero-order valence-corrected chi connectivity index (χ0v) is 10.2. The summed E-state index contributed by atoms with van der Waals surface area (Å²) in [5, 5.41) is 0. The normalized spacial score (nSPS) is 11.0. The van der Waals surface area contributed by atoms with E-state index in [4.69, 9.17) is 9.47 Å². The van der Waals surface area contributed by atoms with Gasteiger partial charge < -0.3 is 9.47 Å². The average Bonchev–Trinajstić information content (AvgIpc) is 2.24. The van der Waals surface area contributed by atoms with Crippen LogP contribution in [0.5, 0.6) is 11.5 Å². The van der Waals surface area contributed by atoms with Crippen LogP contribution in [0.15, 0.2) is 18.2 Å². The molecule has 0 N–H and O–H groups in total. The monoisotopic (exact) mass is 222 g/mol. The molecule has 1 aromatic rings. The van der Waals surface area contributed by atoms with Crippen molar-refractivity contribution in [2.45, 2.75) is 20.8 Å². The van der Waals surface area contributed by atoms with Crippen molar-refractivity contribution in [2.75, 3.05) is 13.7 Å². The first kappa shape index (κ1) is 12.6. The molecule has 0 saturated carbocycles. The molecule has 0 radical (unpaired) electrons. The summed E-state index contributed by atoms with van der Waals surface area (Å²) in [7, 11) is 1.56. The van der Waals surface area contributed by atoms with E-state index < -0.39 is 0 Å².